The standard InChI is InChI=1S/C25H26N4O5S/c1-16-7-8-19(33-2)21-22(16)35-25(26-21)28(10-9-27-11-13-34-14-12-27)20(30)15-29-23(31)17-5-3-4-6-18(17)24(29)32/h3-8H,9-15H2,1-2H3. The van der Waals surface area contributed by atoms with E-state index in [0.717, 1.165) is 28.3 Å². The summed E-state index contributed by atoms with van der Waals surface area (Å²) in [7, 11) is 1.59. The minimum Gasteiger partial charge on any atom is -0.494 e. The normalized spacial score (nSPS) is 16.1. The zero-order valence-corrected chi connectivity index (χ0v) is 20.5. The highest BCUT2D eigenvalue weighted by atomic mass is 32.1. The Bertz CT molecular complexity index is 1270. The van der Waals surface area contributed by atoms with E-state index in [-0.39, 0.29) is 12.5 Å². The minimum absolute atomic E-state index is 0.325. The summed E-state index contributed by atoms with van der Waals surface area (Å²) in [6.45, 7) is 5.53. The van der Waals surface area contributed by atoms with Crippen LogP contribution in [0.5, 0.6) is 5.75 Å². The number of hydrogen-bond donors (Lipinski definition) is 0. The van der Waals surface area contributed by atoms with Crippen molar-refractivity contribution in [2.75, 3.05) is 57.9 Å². The highest BCUT2D eigenvalue weighted by Gasteiger charge is 2.37. The van der Waals surface area contributed by atoms with Gasteiger partial charge in [-0.25, -0.2) is 4.98 Å². The number of morpholine rings is 1. The predicted molar refractivity (Wildman–Crippen MR) is 132 cm³/mol. The number of ether oxygens (including phenoxy) is 2. The molecule has 1 aromatic heterocycles. The molecule has 0 saturated carbocycles. The Morgan fingerprint density at radius 1 is 1.11 bits per heavy atom. The van der Waals surface area contributed by atoms with Crippen LogP contribution in [0, 0.1) is 6.92 Å². The first-order chi connectivity index (χ1) is 17.0. The maximum absolute atomic E-state index is 13.6. The van der Waals surface area contributed by atoms with Gasteiger partial charge in [-0.05, 0) is 30.7 Å². The van der Waals surface area contributed by atoms with Crippen molar-refractivity contribution in [3.8, 4) is 5.75 Å². The Hall–Kier alpha value is -3.34. The summed E-state index contributed by atoms with van der Waals surface area (Å²) in [4.78, 5) is 48.9. The van der Waals surface area contributed by atoms with Crippen LogP contribution in [0.15, 0.2) is 36.4 Å². The van der Waals surface area contributed by atoms with Gasteiger partial charge >= 0.3 is 0 Å². The van der Waals surface area contributed by atoms with E-state index in [1.807, 2.05) is 19.1 Å². The van der Waals surface area contributed by atoms with Crippen molar-refractivity contribution < 1.29 is 23.9 Å². The average Bonchev–Trinajstić information content (AvgIpc) is 3.42. The molecule has 0 spiro atoms. The Labute approximate surface area is 206 Å². The SMILES string of the molecule is COc1ccc(C)c2sc(N(CCN3CCOCC3)C(=O)CN3C(=O)c4ccccc4C3=O)nc12. The second-order valence-electron chi connectivity index (χ2n) is 8.50. The summed E-state index contributed by atoms with van der Waals surface area (Å²) in [5.74, 6) is -0.625. The predicted octanol–water partition coefficient (Wildman–Crippen LogP) is 2.57. The van der Waals surface area contributed by atoms with Crippen LogP contribution in [0.1, 0.15) is 26.3 Å². The zero-order chi connectivity index (χ0) is 24.5. The third-order valence-corrected chi connectivity index (χ3v) is 7.57. The van der Waals surface area contributed by atoms with Gasteiger partial charge in [-0.15, -0.1) is 0 Å². The Morgan fingerprint density at radius 2 is 1.80 bits per heavy atom. The monoisotopic (exact) mass is 494 g/mol. The van der Waals surface area contributed by atoms with E-state index in [4.69, 9.17) is 14.5 Å². The number of amides is 3. The summed E-state index contributed by atoms with van der Waals surface area (Å²) in [5, 5.41) is 0.516. The topological polar surface area (TPSA) is 92.3 Å². The molecule has 2 aliphatic rings. The van der Waals surface area contributed by atoms with E-state index >= 15 is 0 Å². The van der Waals surface area contributed by atoms with Gasteiger partial charge in [0, 0.05) is 26.2 Å². The Kier molecular flexibility index (Phi) is 6.50. The smallest absolute Gasteiger partial charge is 0.262 e. The fourth-order valence-electron chi connectivity index (χ4n) is 4.38. The van der Waals surface area contributed by atoms with Gasteiger partial charge < -0.3 is 9.47 Å². The number of hydrogen-bond acceptors (Lipinski definition) is 8. The summed E-state index contributed by atoms with van der Waals surface area (Å²) < 4.78 is 11.9. The molecule has 0 N–H and O–H groups in total. The van der Waals surface area contributed by atoms with Gasteiger partial charge in [-0.1, -0.05) is 29.5 Å². The molecule has 10 heteroatoms. The largest absolute Gasteiger partial charge is 0.494 e. The van der Waals surface area contributed by atoms with Crippen LogP contribution < -0.4 is 9.64 Å². The summed E-state index contributed by atoms with van der Waals surface area (Å²) >= 11 is 1.41. The van der Waals surface area contributed by atoms with Gasteiger partial charge in [0.15, 0.2) is 5.13 Å². The molecule has 182 valence electrons. The number of nitrogens with zero attached hydrogens (tertiary/aromatic N) is 4. The van der Waals surface area contributed by atoms with E-state index in [1.165, 1.54) is 11.3 Å². The van der Waals surface area contributed by atoms with E-state index in [2.05, 4.69) is 4.90 Å². The summed E-state index contributed by atoms with van der Waals surface area (Å²) in [5.41, 5.74) is 2.37. The van der Waals surface area contributed by atoms with Crippen molar-refractivity contribution in [2.24, 2.45) is 0 Å². The van der Waals surface area contributed by atoms with Crippen molar-refractivity contribution in [1.82, 2.24) is 14.8 Å². The van der Waals surface area contributed by atoms with Crippen molar-refractivity contribution in [3.63, 3.8) is 0 Å². The van der Waals surface area contributed by atoms with Gasteiger partial charge in [-0.3, -0.25) is 29.1 Å². The number of methoxy groups -OCH3 is 1. The molecule has 0 bridgehead atoms. The molecule has 1 saturated heterocycles. The van der Waals surface area contributed by atoms with Gasteiger partial charge in [-0.2, -0.15) is 0 Å². The minimum atomic E-state index is -0.450. The van der Waals surface area contributed by atoms with Gasteiger partial charge in [0.2, 0.25) is 5.91 Å². The molecule has 1 fully saturated rings. The molecule has 0 radical (unpaired) electrons. The number of thiazole rings is 1. The van der Waals surface area contributed by atoms with Crippen LogP contribution >= 0.6 is 11.3 Å². The lowest BCUT2D eigenvalue weighted by Gasteiger charge is -2.29. The maximum atomic E-state index is 13.6. The van der Waals surface area contributed by atoms with Crippen molar-refractivity contribution in [1.29, 1.82) is 0 Å². The molecule has 2 aliphatic heterocycles. The average molecular weight is 495 g/mol. The van der Waals surface area contributed by atoms with Crippen LogP contribution in [0.3, 0.4) is 0 Å². The van der Waals surface area contributed by atoms with Crippen LogP contribution in [-0.4, -0.2) is 85.6 Å². The molecule has 0 aliphatic carbocycles. The number of carbonyl (C=O) groups excluding carboxylic acids is 3. The molecule has 3 aromatic rings. The third kappa shape index (κ3) is 4.40. The molecule has 35 heavy (non-hydrogen) atoms. The molecule has 2 aromatic carbocycles. The number of benzene rings is 2. The molecule has 0 atom stereocenters. The highest BCUT2D eigenvalue weighted by molar-refractivity contribution is 7.22. The number of aryl methyl sites for hydroxylation is 1. The Balaban J connectivity index is 1.44. The van der Waals surface area contributed by atoms with Crippen LogP contribution in [0.2, 0.25) is 0 Å². The molecular weight excluding hydrogens is 468 g/mol. The van der Waals surface area contributed by atoms with E-state index in [1.54, 1.807) is 36.3 Å². The van der Waals surface area contributed by atoms with Gasteiger partial charge in [0.05, 0.1) is 36.2 Å². The quantitative estimate of drug-likeness (QED) is 0.466. The molecule has 5 rings (SSSR count). The summed E-state index contributed by atoms with van der Waals surface area (Å²) in [6, 6.07) is 10.5. The van der Waals surface area contributed by atoms with E-state index in [0.29, 0.717) is 53.8 Å². The number of imide groups is 1. The first kappa shape index (κ1) is 23.4. The maximum Gasteiger partial charge on any atom is 0.262 e. The van der Waals surface area contributed by atoms with Crippen molar-refractivity contribution >= 4 is 44.4 Å². The Morgan fingerprint density at radius 3 is 2.46 bits per heavy atom. The third-order valence-electron chi connectivity index (χ3n) is 6.36. The number of anilines is 1. The van der Waals surface area contributed by atoms with Crippen LogP contribution in [0.25, 0.3) is 10.2 Å². The fraction of sp³-hybridized carbons (Fsp3) is 0.360. The van der Waals surface area contributed by atoms with Crippen LogP contribution in [-0.2, 0) is 9.53 Å². The zero-order valence-electron chi connectivity index (χ0n) is 19.7. The molecule has 9 nitrogen and oxygen atoms in total. The summed E-state index contributed by atoms with van der Waals surface area (Å²) in [6.07, 6.45) is 0. The van der Waals surface area contributed by atoms with Crippen molar-refractivity contribution in [3.05, 3.63) is 53.1 Å². The van der Waals surface area contributed by atoms with E-state index in [9.17, 15) is 14.4 Å². The fourth-order valence-corrected chi connectivity index (χ4v) is 5.47. The van der Waals surface area contributed by atoms with Gasteiger partial charge in [0.1, 0.15) is 17.8 Å². The lowest BCUT2D eigenvalue weighted by Crippen LogP contribution is -2.47. The first-order valence-electron chi connectivity index (χ1n) is 11.5. The molecule has 3 heterocycles. The lowest BCUT2D eigenvalue weighted by atomic mass is 10.1. The van der Waals surface area contributed by atoms with E-state index < -0.39 is 11.8 Å². The molecular formula is C25H26N4O5S. The second-order valence-corrected chi connectivity index (χ2v) is 9.48. The lowest BCUT2D eigenvalue weighted by molar-refractivity contribution is -0.119. The van der Waals surface area contributed by atoms with Crippen molar-refractivity contribution in [2.45, 2.75) is 6.92 Å². The van der Waals surface area contributed by atoms with Crippen LogP contribution in [0.4, 0.5) is 5.13 Å². The first-order valence-corrected chi connectivity index (χ1v) is 12.3. The molecule has 0 unspecified atom stereocenters. The second kappa shape index (κ2) is 9.73. The molecule has 3 amide bonds. The number of fused-ring (bicyclic) bond motifs is 2. The number of carbonyl (C=O) groups is 3. The number of rotatable bonds is 7. The van der Waals surface area contributed by atoms with Gasteiger partial charge in [0.25, 0.3) is 11.8 Å². The highest BCUT2D eigenvalue weighted by Crippen LogP contribution is 2.36. The number of aromatic nitrogens is 1.